The van der Waals surface area contributed by atoms with Crippen molar-refractivity contribution >= 4 is 23.3 Å². The van der Waals surface area contributed by atoms with Gasteiger partial charge in [-0.15, -0.1) is 0 Å². The second-order valence-corrected chi connectivity index (χ2v) is 7.24. The molecule has 178 valence electrons. The third-order valence-electron chi connectivity index (χ3n) is 4.50. The van der Waals surface area contributed by atoms with E-state index >= 15 is 0 Å². The summed E-state index contributed by atoms with van der Waals surface area (Å²) in [6, 6.07) is 13.6. The van der Waals surface area contributed by atoms with Crippen molar-refractivity contribution in [3.8, 4) is 17.5 Å². The maximum Gasteiger partial charge on any atom is 0.422 e. The molecule has 0 aliphatic carbocycles. The maximum atomic E-state index is 12.6. The van der Waals surface area contributed by atoms with Crippen molar-refractivity contribution in [2.24, 2.45) is 0 Å². The van der Waals surface area contributed by atoms with Gasteiger partial charge in [0.1, 0.15) is 18.1 Å². The number of nitrogens with one attached hydrogen (secondary N) is 2. The van der Waals surface area contributed by atoms with Crippen LogP contribution in [0, 0.1) is 0 Å². The maximum absolute atomic E-state index is 12.6. The number of anilines is 4. The van der Waals surface area contributed by atoms with E-state index in [1.165, 1.54) is 0 Å². The molecule has 0 saturated carbocycles. The molecule has 3 aromatic rings. The van der Waals surface area contributed by atoms with Crippen LogP contribution in [0.5, 0.6) is 17.5 Å². The molecule has 6 bridgehead atoms. The van der Waals surface area contributed by atoms with Crippen LogP contribution in [0.4, 0.5) is 36.4 Å². The van der Waals surface area contributed by atoms with Crippen LogP contribution in [0.3, 0.4) is 0 Å². The topological polar surface area (TPSA) is 90.4 Å². The summed E-state index contributed by atoms with van der Waals surface area (Å²) >= 11 is 0. The van der Waals surface area contributed by atoms with E-state index in [4.69, 9.17) is 14.2 Å². The largest absolute Gasteiger partial charge is 0.494 e. The normalized spacial score (nSPS) is 15.1. The molecule has 34 heavy (non-hydrogen) atoms. The number of nitrogens with zero attached hydrogens (tertiary/aromatic N) is 3. The van der Waals surface area contributed by atoms with Crippen LogP contribution < -0.4 is 24.8 Å². The van der Waals surface area contributed by atoms with Gasteiger partial charge in [-0.05, 0) is 61.4 Å². The zero-order chi connectivity index (χ0) is 23.8. The third-order valence-corrected chi connectivity index (χ3v) is 4.50. The van der Waals surface area contributed by atoms with Gasteiger partial charge in [-0.25, -0.2) is 0 Å². The van der Waals surface area contributed by atoms with Gasteiger partial charge in [0, 0.05) is 11.4 Å². The molecule has 5 heterocycles. The average molecular weight is 473 g/mol. The number of ether oxygens (including phenoxy) is 3. The summed E-state index contributed by atoms with van der Waals surface area (Å²) in [5.41, 5.74) is 1.22. The molecule has 0 radical (unpaired) electrons. The van der Waals surface area contributed by atoms with Crippen LogP contribution in [0.15, 0.2) is 60.7 Å². The minimum Gasteiger partial charge on any atom is -0.494 e. The van der Waals surface area contributed by atoms with Gasteiger partial charge < -0.3 is 24.8 Å². The summed E-state index contributed by atoms with van der Waals surface area (Å²) in [7, 11) is 0. The molecule has 1 aromatic heterocycles. The van der Waals surface area contributed by atoms with Crippen molar-refractivity contribution in [3.63, 3.8) is 0 Å². The molecule has 8 nitrogen and oxygen atoms in total. The SMILES string of the molecule is FC(F)(F)COc1nc2nc(n1)Nc1ccc(cc1)OCCC/C=C/COc1ccc(cc1)N2. The minimum absolute atomic E-state index is 0.0112. The van der Waals surface area contributed by atoms with Crippen LogP contribution in [0.2, 0.25) is 0 Å². The van der Waals surface area contributed by atoms with Crippen molar-refractivity contribution in [1.29, 1.82) is 0 Å². The van der Waals surface area contributed by atoms with Crippen LogP contribution in [0.1, 0.15) is 12.8 Å². The first kappa shape index (κ1) is 23.1. The Hall–Kier alpha value is -4.02. The highest BCUT2D eigenvalue weighted by atomic mass is 19.4. The first-order valence-corrected chi connectivity index (χ1v) is 10.5. The smallest absolute Gasteiger partial charge is 0.422 e. The van der Waals surface area contributed by atoms with E-state index in [9.17, 15) is 13.2 Å². The highest BCUT2D eigenvalue weighted by Gasteiger charge is 2.29. The monoisotopic (exact) mass is 473 g/mol. The number of benzene rings is 2. The molecule has 0 unspecified atom stereocenters. The van der Waals surface area contributed by atoms with Crippen molar-refractivity contribution in [2.75, 3.05) is 30.5 Å². The van der Waals surface area contributed by atoms with E-state index in [0.717, 1.165) is 12.8 Å². The molecular formula is C23H22F3N5O3. The predicted molar refractivity (Wildman–Crippen MR) is 120 cm³/mol. The molecule has 4 aliphatic heterocycles. The molecule has 0 saturated heterocycles. The third kappa shape index (κ3) is 7.26. The number of hydrogen-bond donors (Lipinski definition) is 2. The number of hydrogen-bond acceptors (Lipinski definition) is 8. The summed E-state index contributed by atoms with van der Waals surface area (Å²) in [5.74, 6) is 1.38. The van der Waals surface area contributed by atoms with Crippen molar-refractivity contribution in [1.82, 2.24) is 15.0 Å². The lowest BCUT2D eigenvalue weighted by Crippen LogP contribution is -2.20. The van der Waals surface area contributed by atoms with E-state index in [0.29, 0.717) is 36.1 Å². The lowest BCUT2D eigenvalue weighted by Gasteiger charge is -2.12. The summed E-state index contributed by atoms with van der Waals surface area (Å²) in [4.78, 5) is 12.1. The van der Waals surface area contributed by atoms with Crippen molar-refractivity contribution in [2.45, 2.75) is 19.0 Å². The molecule has 0 amide bonds. The van der Waals surface area contributed by atoms with E-state index in [-0.39, 0.29) is 11.9 Å². The lowest BCUT2D eigenvalue weighted by atomic mass is 10.3. The first-order chi connectivity index (χ1) is 16.4. The second kappa shape index (κ2) is 10.7. The highest BCUT2D eigenvalue weighted by molar-refractivity contribution is 5.59. The fraction of sp³-hybridized carbons (Fsp3) is 0.261. The molecule has 4 aliphatic rings. The van der Waals surface area contributed by atoms with E-state index in [1.54, 1.807) is 48.5 Å². The Labute approximate surface area is 193 Å². The van der Waals surface area contributed by atoms with E-state index in [1.807, 2.05) is 12.2 Å². The minimum atomic E-state index is -4.53. The van der Waals surface area contributed by atoms with Crippen molar-refractivity contribution < 1.29 is 27.4 Å². The van der Waals surface area contributed by atoms with E-state index < -0.39 is 18.8 Å². The molecule has 0 atom stereocenters. The van der Waals surface area contributed by atoms with Gasteiger partial charge in [-0.3, -0.25) is 0 Å². The quantitative estimate of drug-likeness (QED) is 0.478. The summed E-state index contributed by atoms with van der Waals surface area (Å²) in [5, 5.41) is 5.89. The molecule has 0 spiro atoms. The van der Waals surface area contributed by atoms with Crippen LogP contribution in [0.25, 0.3) is 0 Å². The molecule has 11 heteroatoms. The van der Waals surface area contributed by atoms with Gasteiger partial charge in [0.15, 0.2) is 6.61 Å². The van der Waals surface area contributed by atoms with Crippen LogP contribution >= 0.6 is 0 Å². The Bertz CT molecular complexity index is 1110. The molecule has 7 rings (SSSR count). The Kier molecular flexibility index (Phi) is 7.31. The number of allylic oxidation sites excluding steroid dienone is 1. The molecule has 2 N–H and O–H groups in total. The van der Waals surface area contributed by atoms with Crippen LogP contribution in [-0.4, -0.2) is 40.9 Å². The Morgan fingerprint density at radius 2 is 1.38 bits per heavy atom. The molecular weight excluding hydrogens is 451 g/mol. The predicted octanol–water partition coefficient (Wildman–Crippen LogP) is 5.41. The Morgan fingerprint density at radius 1 is 0.794 bits per heavy atom. The van der Waals surface area contributed by atoms with Gasteiger partial charge >= 0.3 is 12.2 Å². The zero-order valence-electron chi connectivity index (χ0n) is 18.0. The fourth-order valence-electron chi connectivity index (χ4n) is 2.93. The average Bonchev–Trinajstić information content (AvgIpc) is 2.81. The summed E-state index contributed by atoms with van der Waals surface area (Å²) in [6.45, 7) is -0.540. The standard InChI is InChI=1S/C23H22F3N5O3/c24-23(25,26)15-34-22-30-20-27-16-5-9-18(10-6-16)32-13-3-1-2-4-14-33-19-11-7-17(8-12-19)28-21(29-20)31-22/h1,3,5-12H,2,4,13-15H2,(H2,27,28,29,30,31)/b3-1+. The molecule has 2 aromatic carbocycles. The summed E-state index contributed by atoms with van der Waals surface area (Å²) in [6.07, 6.45) is 1.18. The van der Waals surface area contributed by atoms with Crippen molar-refractivity contribution in [3.05, 3.63) is 60.7 Å². The first-order valence-electron chi connectivity index (χ1n) is 10.5. The lowest BCUT2D eigenvalue weighted by molar-refractivity contribution is -0.154. The van der Waals surface area contributed by atoms with Gasteiger partial charge in [0.05, 0.1) is 6.61 Å². The number of rotatable bonds is 2. The Morgan fingerprint density at radius 3 is 1.97 bits per heavy atom. The van der Waals surface area contributed by atoms with Crippen LogP contribution in [-0.2, 0) is 0 Å². The zero-order valence-corrected chi connectivity index (χ0v) is 18.0. The van der Waals surface area contributed by atoms with Gasteiger partial charge in [-0.1, -0.05) is 12.2 Å². The van der Waals surface area contributed by atoms with Gasteiger partial charge in [0.2, 0.25) is 11.9 Å². The van der Waals surface area contributed by atoms with Gasteiger partial charge in [-0.2, -0.15) is 28.1 Å². The highest BCUT2D eigenvalue weighted by Crippen LogP contribution is 2.24. The van der Waals surface area contributed by atoms with Gasteiger partial charge in [0.25, 0.3) is 0 Å². The Balaban J connectivity index is 1.61. The number of alkyl halides is 3. The second-order valence-electron chi connectivity index (χ2n) is 7.24. The number of aromatic nitrogens is 3. The fourth-order valence-corrected chi connectivity index (χ4v) is 2.93. The summed E-state index contributed by atoms with van der Waals surface area (Å²) < 4.78 is 54.1. The van der Waals surface area contributed by atoms with E-state index in [2.05, 4.69) is 25.6 Å². The number of halogens is 3. The molecule has 0 fully saturated rings.